The smallest absolute Gasteiger partial charge is 0.243 e. The van der Waals surface area contributed by atoms with E-state index in [0.29, 0.717) is 0 Å². The molecule has 0 saturated carbocycles. The molecule has 0 N–H and O–H groups in total. The summed E-state index contributed by atoms with van der Waals surface area (Å²) in [5.74, 6) is 0.246. The van der Waals surface area contributed by atoms with Gasteiger partial charge in [-0.05, 0) is 31.6 Å². The van der Waals surface area contributed by atoms with E-state index in [2.05, 4.69) is 34.1 Å². The molecule has 138 valence electrons. The maximum absolute atomic E-state index is 13.3. The predicted octanol–water partition coefficient (Wildman–Crippen LogP) is 1.27. The van der Waals surface area contributed by atoms with Gasteiger partial charge in [0.15, 0.2) is 0 Å². The third kappa shape index (κ3) is 3.89. The van der Waals surface area contributed by atoms with Gasteiger partial charge in [-0.3, -0.25) is 14.6 Å². The summed E-state index contributed by atoms with van der Waals surface area (Å²) in [6.07, 6.45) is 2.63. The largest absolute Gasteiger partial charge is 0.379 e. The third-order valence-corrected chi connectivity index (χ3v) is 5.76. The van der Waals surface area contributed by atoms with E-state index in [1.54, 1.807) is 0 Å². The van der Waals surface area contributed by atoms with Crippen molar-refractivity contribution < 1.29 is 9.53 Å². The molecule has 0 unspecified atom stereocenters. The lowest BCUT2D eigenvalue weighted by Crippen LogP contribution is -2.57. The number of rotatable bonds is 6. The minimum atomic E-state index is -0.433. The zero-order valence-corrected chi connectivity index (χ0v) is 15.8. The monoisotopic (exact) mass is 345 g/mol. The molecule has 1 heterocycles. The SMILES string of the molecule is CN(CCCN1CCOCC1)C(=O)C1(N(C)C)Cc2ccccc2C1. The lowest BCUT2D eigenvalue weighted by atomic mass is 9.92. The van der Waals surface area contributed by atoms with Crippen molar-refractivity contribution in [1.29, 1.82) is 0 Å². The Morgan fingerprint density at radius 3 is 2.28 bits per heavy atom. The molecule has 1 aromatic rings. The molecule has 25 heavy (non-hydrogen) atoms. The van der Waals surface area contributed by atoms with Gasteiger partial charge in [0.2, 0.25) is 5.91 Å². The summed E-state index contributed by atoms with van der Waals surface area (Å²) < 4.78 is 5.39. The summed E-state index contributed by atoms with van der Waals surface area (Å²) in [4.78, 5) is 19.8. The number of hydrogen-bond acceptors (Lipinski definition) is 4. The van der Waals surface area contributed by atoms with E-state index in [1.165, 1.54) is 11.1 Å². The molecule has 1 amide bonds. The molecule has 0 spiro atoms. The number of carbonyl (C=O) groups excluding carboxylic acids is 1. The van der Waals surface area contributed by atoms with Crippen LogP contribution in [0, 0.1) is 0 Å². The van der Waals surface area contributed by atoms with Crippen molar-refractivity contribution in [2.45, 2.75) is 24.8 Å². The fourth-order valence-electron chi connectivity index (χ4n) is 4.07. The quantitative estimate of drug-likeness (QED) is 0.778. The van der Waals surface area contributed by atoms with Gasteiger partial charge in [-0.25, -0.2) is 0 Å². The molecule has 0 aromatic heterocycles. The van der Waals surface area contributed by atoms with Gasteiger partial charge < -0.3 is 9.64 Å². The highest BCUT2D eigenvalue weighted by molar-refractivity contribution is 5.88. The van der Waals surface area contributed by atoms with Gasteiger partial charge in [-0.15, -0.1) is 0 Å². The molecule has 2 aliphatic rings. The van der Waals surface area contributed by atoms with E-state index >= 15 is 0 Å². The van der Waals surface area contributed by atoms with Gasteiger partial charge in [0, 0.05) is 46.1 Å². The number of benzene rings is 1. The second kappa shape index (κ2) is 7.85. The topological polar surface area (TPSA) is 36.0 Å². The minimum Gasteiger partial charge on any atom is -0.379 e. The van der Waals surface area contributed by atoms with Crippen LogP contribution in [-0.2, 0) is 22.4 Å². The van der Waals surface area contributed by atoms with Crippen molar-refractivity contribution in [3.63, 3.8) is 0 Å². The number of amides is 1. The van der Waals surface area contributed by atoms with Crippen LogP contribution in [0.15, 0.2) is 24.3 Å². The van der Waals surface area contributed by atoms with Gasteiger partial charge in [0.25, 0.3) is 0 Å². The Kier molecular flexibility index (Phi) is 5.77. The van der Waals surface area contributed by atoms with Crippen LogP contribution in [0.4, 0.5) is 0 Å². The van der Waals surface area contributed by atoms with Crippen LogP contribution in [0.3, 0.4) is 0 Å². The van der Waals surface area contributed by atoms with Crippen LogP contribution in [0.25, 0.3) is 0 Å². The van der Waals surface area contributed by atoms with Crippen LogP contribution in [0.1, 0.15) is 17.5 Å². The second-order valence-electron chi connectivity index (χ2n) is 7.58. The minimum absolute atomic E-state index is 0.246. The number of morpholine rings is 1. The van der Waals surface area contributed by atoms with Crippen LogP contribution in [0.5, 0.6) is 0 Å². The van der Waals surface area contributed by atoms with Crippen molar-refractivity contribution in [2.24, 2.45) is 0 Å². The predicted molar refractivity (Wildman–Crippen MR) is 99.8 cm³/mol. The lowest BCUT2D eigenvalue weighted by Gasteiger charge is -2.38. The van der Waals surface area contributed by atoms with Crippen molar-refractivity contribution in [1.82, 2.24) is 14.7 Å². The van der Waals surface area contributed by atoms with E-state index in [0.717, 1.165) is 58.7 Å². The molecular formula is C20H31N3O2. The van der Waals surface area contributed by atoms with Crippen molar-refractivity contribution >= 4 is 5.91 Å². The van der Waals surface area contributed by atoms with Crippen LogP contribution >= 0.6 is 0 Å². The molecule has 1 aliphatic carbocycles. The van der Waals surface area contributed by atoms with Gasteiger partial charge in [0.05, 0.1) is 13.2 Å². The highest BCUT2D eigenvalue weighted by Crippen LogP contribution is 2.34. The average molecular weight is 345 g/mol. The van der Waals surface area contributed by atoms with E-state index < -0.39 is 5.54 Å². The van der Waals surface area contributed by atoms with E-state index in [-0.39, 0.29) is 5.91 Å². The van der Waals surface area contributed by atoms with Crippen LogP contribution < -0.4 is 0 Å². The summed E-state index contributed by atoms with van der Waals surface area (Å²) in [6.45, 7) is 5.52. The zero-order chi connectivity index (χ0) is 17.9. The molecule has 1 saturated heterocycles. The van der Waals surface area contributed by atoms with Gasteiger partial charge in [0.1, 0.15) is 5.54 Å². The number of nitrogens with zero attached hydrogens (tertiary/aromatic N) is 3. The van der Waals surface area contributed by atoms with Gasteiger partial charge in [-0.1, -0.05) is 24.3 Å². The molecule has 0 atom stereocenters. The van der Waals surface area contributed by atoms with Gasteiger partial charge >= 0.3 is 0 Å². The molecule has 1 aliphatic heterocycles. The van der Waals surface area contributed by atoms with Crippen molar-refractivity contribution in [3.05, 3.63) is 35.4 Å². The van der Waals surface area contributed by atoms with E-state index in [1.807, 2.05) is 26.0 Å². The lowest BCUT2D eigenvalue weighted by molar-refractivity contribution is -0.141. The molecule has 0 radical (unpaired) electrons. The number of ether oxygens (including phenoxy) is 1. The summed E-state index contributed by atoms with van der Waals surface area (Å²) >= 11 is 0. The molecular weight excluding hydrogens is 314 g/mol. The standard InChI is InChI=1S/C20H31N3O2/c1-21(2)20(15-17-7-4-5-8-18(17)16-20)19(24)22(3)9-6-10-23-11-13-25-14-12-23/h4-5,7-8H,6,9-16H2,1-3H3. The maximum atomic E-state index is 13.3. The normalized spacial score (nSPS) is 19.8. The Balaban J connectivity index is 1.59. The summed E-state index contributed by atoms with van der Waals surface area (Å²) in [7, 11) is 6.02. The highest BCUT2D eigenvalue weighted by Gasteiger charge is 2.46. The third-order valence-electron chi connectivity index (χ3n) is 5.76. The molecule has 3 rings (SSSR count). The van der Waals surface area contributed by atoms with Gasteiger partial charge in [-0.2, -0.15) is 0 Å². The van der Waals surface area contributed by atoms with E-state index in [9.17, 15) is 4.79 Å². The first-order chi connectivity index (χ1) is 12.0. The Labute approximate surface area is 151 Å². The molecule has 1 aromatic carbocycles. The first-order valence-electron chi connectivity index (χ1n) is 9.33. The number of hydrogen-bond donors (Lipinski definition) is 0. The van der Waals surface area contributed by atoms with E-state index in [4.69, 9.17) is 4.74 Å². The fraction of sp³-hybridized carbons (Fsp3) is 0.650. The highest BCUT2D eigenvalue weighted by atomic mass is 16.5. The average Bonchev–Trinajstić information content (AvgIpc) is 3.03. The Morgan fingerprint density at radius 2 is 1.72 bits per heavy atom. The molecule has 1 fully saturated rings. The Morgan fingerprint density at radius 1 is 1.12 bits per heavy atom. The zero-order valence-electron chi connectivity index (χ0n) is 15.8. The van der Waals surface area contributed by atoms with Crippen LogP contribution in [-0.4, -0.2) is 86.7 Å². The van der Waals surface area contributed by atoms with Crippen molar-refractivity contribution in [2.75, 3.05) is 60.5 Å². The number of likely N-dealkylation sites (N-methyl/N-ethyl adjacent to an activating group) is 2. The molecule has 0 bridgehead atoms. The van der Waals surface area contributed by atoms with Crippen molar-refractivity contribution in [3.8, 4) is 0 Å². The maximum Gasteiger partial charge on any atom is 0.243 e. The first-order valence-corrected chi connectivity index (χ1v) is 9.33. The Hall–Kier alpha value is -1.43. The Bertz CT molecular complexity index is 571. The second-order valence-corrected chi connectivity index (χ2v) is 7.58. The molecule has 5 heteroatoms. The van der Waals surface area contributed by atoms with Crippen LogP contribution in [0.2, 0.25) is 0 Å². The summed E-state index contributed by atoms with van der Waals surface area (Å²) in [6, 6.07) is 8.46. The number of carbonyl (C=O) groups is 1. The first kappa shape index (κ1) is 18.4. The fourth-order valence-corrected chi connectivity index (χ4v) is 4.07. The summed E-state index contributed by atoms with van der Waals surface area (Å²) in [5, 5.41) is 0. The molecule has 5 nitrogen and oxygen atoms in total. The number of fused-ring (bicyclic) bond motifs is 1. The summed E-state index contributed by atoms with van der Waals surface area (Å²) in [5.41, 5.74) is 2.19.